The molecule has 3 rings (SSSR count). The lowest BCUT2D eigenvalue weighted by Gasteiger charge is -2.15. The van der Waals surface area contributed by atoms with Gasteiger partial charge in [-0.05, 0) is 24.3 Å². The summed E-state index contributed by atoms with van der Waals surface area (Å²) in [5, 5.41) is 4.33. The summed E-state index contributed by atoms with van der Waals surface area (Å²) in [4.78, 5) is 16.7. The number of nitrogens with one attached hydrogen (secondary N) is 1. The van der Waals surface area contributed by atoms with E-state index in [1.54, 1.807) is 30.4 Å². The minimum atomic E-state index is -0.0348. The molecular formula is C16H16N4O. The Labute approximate surface area is 122 Å². The molecule has 21 heavy (non-hydrogen) atoms. The van der Waals surface area contributed by atoms with Crippen LogP contribution in [0.2, 0.25) is 0 Å². The highest BCUT2D eigenvalue weighted by Gasteiger charge is 2.13. The average molecular weight is 280 g/mol. The Morgan fingerprint density at radius 3 is 2.76 bits per heavy atom. The van der Waals surface area contributed by atoms with Crippen LogP contribution in [0.5, 0.6) is 0 Å². The van der Waals surface area contributed by atoms with E-state index in [-0.39, 0.29) is 5.91 Å². The lowest BCUT2D eigenvalue weighted by atomic mass is 10.3. The molecule has 5 nitrogen and oxygen atoms in total. The molecule has 0 atom stereocenters. The van der Waals surface area contributed by atoms with Gasteiger partial charge in [-0.15, -0.1) is 0 Å². The van der Waals surface area contributed by atoms with E-state index in [1.807, 2.05) is 47.3 Å². The summed E-state index contributed by atoms with van der Waals surface area (Å²) in [7, 11) is 1.78. The lowest BCUT2D eigenvalue weighted by molar-refractivity contribution is 0.0780. The van der Waals surface area contributed by atoms with Gasteiger partial charge in [-0.1, -0.05) is 18.2 Å². The minimum Gasteiger partial charge on any atom is -0.357 e. The van der Waals surface area contributed by atoms with Crippen molar-refractivity contribution in [2.24, 2.45) is 0 Å². The van der Waals surface area contributed by atoms with Crippen LogP contribution >= 0.6 is 0 Å². The number of benzene rings is 1. The second-order valence-corrected chi connectivity index (χ2v) is 4.87. The normalized spacial score (nSPS) is 10.5. The lowest BCUT2D eigenvalue weighted by Crippen LogP contribution is -2.26. The van der Waals surface area contributed by atoms with Crippen LogP contribution in [0.25, 0.3) is 5.69 Å². The van der Waals surface area contributed by atoms with Crippen LogP contribution in [-0.2, 0) is 6.54 Å². The van der Waals surface area contributed by atoms with Crippen LogP contribution < -0.4 is 0 Å². The van der Waals surface area contributed by atoms with E-state index in [9.17, 15) is 4.79 Å². The smallest absolute Gasteiger partial charge is 0.270 e. The molecule has 0 unspecified atom stereocenters. The first kappa shape index (κ1) is 13.2. The van der Waals surface area contributed by atoms with E-state index in [0.29, 0.717) is 12.2 Å². The Kier molecular flexibility index (Phi) is 3.55. The number of hydrogen-bond acceptors (Lipinski definition) is 2. The summed E-state index contributed by atoms with van der Waals surface area (Å²) in [6.45, 7) is 0.519. The Morgan fingerprint density at radius 1 is 1.24 bits per heavy atom. The standard InChI is InChI=1S/C16H16N4O/c1-19(16(21)15-8-5-9-17-15)11-13-10-18-20(12-13)14-6-3-2-4-7-14/h2-10,12,17H,11H2,1H3. The second kappa shape index (κ2) is 5.66. The molecule has 0 saturated heterocycles. The highest BCUT2D eigenvalue weighted by atomic mass is 16.2. The molecule has 0 aliphatic carbocycles. The van der Waals surface area contributed by atoms with Crippen molar-refractivity contribution in [2.45, 2.75) is 6.54 Å². The molecule has 0 spiro atoms. The van der Waals surface area contributed by atoms with Crippen molar-refractivity contribution in [3.63, 3.8) is 0 Å². The average Bonchev–Trinajstić information content (AvgIpc) is 3.19. The predicted molar refractivity (Wildman–Crippen MR) is 80.2 cm³/mol. The zero-order valence-electron chi connectivity index (χ0n) is 11.7. The van der Waals surface area contributed by atoms with Crippen LogP contribution in [0.3, 0.4) is 0 Å². The highest BCUT2D eigenvalue weighted by molar-refractivity contribution is 5.92. The fourth-order valence-corrected chi connectivity index (χ4v) is 2.18. The van der Waals surface area contributed by atoms with Crippen molar-refractivity contribution in [3.05, 3.63) is 72.3 Å². The molecule has 1 N–H and O–H groups in total. The van der Waals surface area contributed by atoms with Gasteiger partial charge in [-0.2, -0.15) is 5.10 Å². The molecule has 106 valence electrons. The predicted octanol–water partition coefficient (Wildman–Crippen LogP) is 2.47. The number of carbonyl (C=O) groups excluding carboxylic acids is 1. The molecule has 0 bridgehead atoms. The van der Waals surface area contributed by atoms with Gasteiger partial charge >= 0.3 is 0 Å². The number of para-hydroxylation sites is 1. The van der Waals surface area contributed by atoms with Crippen LogP contribution in [0, 0.1) is 0 Å². The Hall–Kier alpha value is -2.82. The van der Waals surface area contributed by atoms with Gasteiger partial charge < -0.3 is 9.88 Å². The first-order valence-electron chi connectivity index (χ1n) is 6.72. The third kappa shape index (κ3) is 2.86. The number of hydrogen-bond donors (Lipinski definition) is 1. The molecule has 2 heterocycles. The zero-order chi connectivity index (χ0) is 14.7. The number of nitrogens with zero attached hydrogens (tertiary/aromatic N) is 3. The molecule has 3 aromatic rings. The molecule has 5 heteroatoms. The summed E-state index contributed by atoms with van der Waals surface area (Å²) < 4.78 is 1.81. The largest absolute Gasteiger partial charge is 0.357 e. The number of aromatic amines is 1. The zero-order valence-corrected chi connectivity index (χ0v) is 11.7. The van der Waals surface area contributed by atoms with Crippen molar-refractivity contribution in [1.29, 1.82) is 0 Å². The van der Waals surface area contributed by atoms with Gasteiger partial charge in [0.25, 0.3) is 5.91 Å². The van der Waals surface area contributed by atoms with Crippen molar-refractivity contribution in [1.82, 2.24) is 19.7 Å². The van der Waals surface area contributed by atoms with Crippen molar-refractivity contribution < 1.29 is 4.79 Å². The maximum Gasteiger partial charge on any atom is 0.270 e. The van der Waals surface area contributed by atoms with Crippen LogP contribution in [0.4, 0.5) is 0 Å². The molecule has 1 aromatic carbocycles. The van der Waals surface area contributed by atoms with Crippen molar-refractivity contribution in [2.75, 3.05) is 7.05 Å². The maximum atomic E-state index is 12.2. The number of rotatable bonds is 4. The summed E-state index contributed by atoms with van der Waals surface area (Å²) >= 11 is 0. The third-order valence-corrected chi connectivity index (χ3v) is 3.25. The molecule has 0 radical (unpaired) electrons. The summed E-state index contributed by atoms with van der Waals surface area (Å²) in [5.41, 5.74) is 2.58. The van der Waals surface area contributed by atoms with E-state index >= 15 is 0 Å². The van der Waals surface area contributed by atoms with Gasteiger partial charge in [0.2, 0.25) is 0 Å². The Bertz CT molecular complexity index is 716. The molecule has 1 amide bonds. The maximum absolute atomic E-state index is 12.2. The van der Waals surface area contributed by atoms with E-state index in [1.165, 1.54) is 0 Å². The fourth-order valence-electron chi connectivity index (χ4n) is 2.18. The molecule has 0 aliphatic heterocycles. The number of amides is 1. The van der Waals surface area contributed by atoms with Crippen molar-refractivity contribution in [3.8, 4) is 5.69 Å². The minimum absolute atomic E-state index is 0.0348. The quantitative estimate of drug-likeness (QED) is 0.798. The molecule has 0 aliphatic rings. The SMILES string of the molecule is CN(Cc1cnn(-c2ccccc2)c1)C(=O)c1ccc[nH]1. The van der Waals surface area contributed by atoms with Gasteiger partial charge in [0.05, 0.1) is 11.9 Å². The highest BCUT2D eigenvalue weighted by Crippen LogP contribution is 2.10. The molecule has 0 saturated carbocycles. The van der Waals surface area contributed by atoms with Crippen LogP contribution in [0.15, 0.2) is 61.1 Å². The summed E-state index contributed by atoms with van der Waals surface area (Å²) in [6.07, 6.45) is 5.47. The first-order chi connectivity index (χ1) is 10.2. The number of H-pyrrole nitrogens is 1. The van der Waals surface area contributed by atoms with Crippen LogP contribution in [0.1, 0.15) is 16.1 Å². The van der Waals surface area contributed by atoms with Gasteiger partial charge in [0, 0.05) is 31.5 Å². The van der Waals surface area contributed by atoms with Gasteiger partial charge in [-0.25, -0.2) is 4.68 Å². The van der Waals surface area contributed by atoms with E-state index < -0.39 is 0 Å². The molecular weight excluding hydrogens is 264 g/mol. The second-order valence-electron chi connectivity index (χ2n) is 4.87. The number of aromatic nitrogens is 3. The van der Waals surface area contributed by atoms with Gasteiger partial charge in [-0.3, -0.25) is 4.79 Å². The van der Waals surface area contributed by atoms with Gasteiger partial charge in [0.1, 0.15) is 5.69 Å². The monoisotopic (exact) mass is 280 g/mol. The Balaban J connectivity index is 1.71. The number of carbonyl (C=O) groups is 1. The van der Waals surface area contributed by atoms with E-state index in [4.69, 9.17) is 0 Å². The summed E-state index contributed by atoms with van der Waals surface area (Å²) in [5.74, 6) is -0.0348. The van der Waals surface area contributed by atoms with E-state index in [2.05, 4.69) is 10.1 Å². The van der Waals surface area contributed by atoms with Crippen LogP contribution in [-0.4, -0.2) is 32.6 Å². The first-order valence-corrected chi connectivity index (χ1v) is 6.72. The fraction of sp³-hybridized carbons (Fsp3) is 0.125. The molecule has 2 aromatic heterocycles. The summed E-state index contributed by atoms with van der Waals surface area (Å²) in [6, 6.07) is 13.5. The van der Waals surface area contributed by atoms with E-state index in [0.717, 1.165) is 11.3 Å². The third-order valence-electron chi connectivity index (χ3n) is 3.25. The van der Waals surface area contributed by atoms with Gasteiger partial charge in [0.15, 0.2) is 0 Å². The molecule has 0 fully saturated rings. The topological polar surface area (TPSA) is 53.9 Å². The van der Waals surface area contributed by atoms with Crippen molar-refractivity contribution >= 4 is 5.91 Å². The Morgan fingerprint density at radius 2 is 2.05 bits per heavy atom.